The second-order valence-electron chi connectivity index (χ2n) is 6.22. The van der Waals surface area contributed by atoms with Gasteiger partial charge in [0.05, 0.1) is 11.9 Å². The first-order valence-corrected chi connectivity index (χ1v) is 10.5. The van der Waals surface area contributed by atoms with Gasteiger partial charge in [0, 0.05) is 23.9 Å². The molecule has 1 aromatic heterocycles. The topological polar surface area (TPSA) is 84.0 Å². The van der Waals surface area contributed by atoms with E-state index in [1.807, 2.05) is 42.5 Å². The Morgan fingerprint density at radius 1 is 1.00 bits per heavy atom. The van der Waals surface area contributed by atoms with Crippen LogP contribution < -0.4 is 10.0 Å². The minimum absolute atomic E-state index is 0.243. The van der Waals surface area contributed by atoms with E-state index in [0.717, 1.165) is 35.2 Å². The highest BCUT2D eigenvalue weighted by Gasteiger charge is 2.07. The molecule has 0 aliphatic carbocycles. The van der Waals surface area contributed by atoms with E-state index in [9.17, 15) is 8.42 Å². The Morgan fingerprint density at radius 2 is 1.81 bits per heavy atom. The van der Waals surface area contributed by atoms with Crippen molar-refractivity contribution in [1.82, 2.24) is 14.7 Å². The van der Waals surface area contributed by atoms with E-state index in [1.165, 1.54) is 5.56 Å². The van der Waals surface area contributed by atoms with Gasteiger partial charge in [0.15, 0.2) is 0 Å². The van der Waals surface area contributed by atoms with E-state index < -0.39 is 10.0 Å². The summed E-state index contributed by atoms with van der Waals surface area (Å²) in [6.45, 7) is 2.36. The van der Waals surface area contributed by atoms with Gasteiger partial charge in [0.2, 0.25) is 10.0 Å². The van der Waals surface area contributed by atoms with Crippen molar-refractivity contribution in [3.05, 3.63) is 72.1 Å². The lowest BCUT2D eigenvalue weighted by atomic mass is 10.0. The van der Waals surface area contributed by atoms with Crippen LogP contribution in [0.5, 0.6) is 0 Å². The van der Waals surface area contributed by atoms with Crippen molar-refractivity contribution in [2.24, 2.45) is 0 Å². The molecule has 0 unspecified atom stereocenters. The number of benzene rings is 2. The van der Waals surface area contributed by atoms with Crippen molar-refractivity contribution in [2.45, 2.75) is 19.9 Å². The number of hydrogen-bond acceptors (Lipinski definition) is 5. The van der Waals surface area contributed by atoms with Crippen LogP contribution >= 0.6 is 0 Å². The highest BCUT2D eigenvalue weighted by Crippen LogP contribution is 2.25. The zero-order chi connectivity index (χ0) is 19.3. The van der Waals surface area contributed by atoms with Gasteiger partial charge in [-0.25, -0.2) is 23.1 Å². The Bertz CT molecular complexity index is 1040. The first-order valence-electron chi connectivity index (χ1n) is 8.65. The molecule has 3 aromatic rings. The van der Waals surface area contributed by atoms with Crippen molar-refractivity contribution >= 4 is 21.5 Å². The van der Waals surface area contributed by atoms with Crippen LogP contribution in [-0.4, -0.2) is 24.6 Å². The van der Waals surface area contributed by atoms with E-state index in [-0.39, 0.29) is 6.54 Å². The maximum atomic E-state index is 11.3. The Balaban J connectivity index is 1.81. The molecule has 1 heterocycles. The van der Waals surface area contributed by atoms with Crippen LogP contribution in [0.4, 0.5) is 11.5 Å². The summed E-state index contributed by atoms with van der Waals surface area (Å²) in [4.78, 5) is 8.70. The third kappa shape index (κ3) is 5.35. The van der Waals surface area contributed by atoms with Gasteiger partial charge in [0.25, 0.3) is 0 Å². The monoisotopic (exact) mass is 382 g/mol. The molecule has 0 atom stereocenters. The molecule has 0 aliphatic heterocycles. The predicted octanol–water partition coefficient (Wildman–Crippen LogP) is 3.50. The zero-order valence-electron chi connectivity index (χ0n) is 15.3. The van der Waals surface area contributed by atoms with Gasteiger partial charge in [-0.15, -0.1) is 0 Å². The van der Waals surface area contributed by atoms with Crippen LogP contribution in [0.3, 0.4) is 0 Å². The van der Waals surface area contributed by atoms with Crippen molar-refractivity contribution in [3.8, 4) is 11.3 Å². The van der Waals surface area contributed by atoms with Crippen molar-refractivity contribution < 1.29 is 8.42 Å². The summed E-state index contributed by atoms with van der Waals surface area (Å²) in [6.07, 6.45) is 3.61. The minimum Gasteiger partial charge on any atom is -0.340 e. The van der Waals surface area contributed by atoms with Crippen molar-refractivity contribution in [2.75, 3.05) is 11.6 Å². The Morgan fingerprint density at radius 3 is 2.59 bits per heavy atom. The zero-order valence-corrected chi connectivity index (χ0v) is 16.1. The third-order valence-electron chi connectivity index (χ3n) is 4.08. The molecular weight excluding hydrogens is 360 g/mol. The molecule has 0 bridgehead atoms. The molecule has 0 spiro atoms. The summed E-state index contributed by atoms with van der Waals surface area (Å²) >= 11 is 0. The average molecular weight is 382 g/mol. The Kier molecular flexibility index (Phi) is 5.83. The summed E-state index contributed by atoms with van der Waals surface area (Å²) in [6, 6.07) is 17.6. The number of anilines is 2. The fraction of sp³-hybridized carbons (Fsp3) is 0.200. The number of nitrogens with one attached hydrogen (secondary N) is 2. The molecule has 27 heavy (non-hydrogen) atoms. The molecule has 2 aromatic carbocycles. The fourth-order valence-electron chi connectivity index (χ4n) is 2.77. The van der Waals surface area contributed by atoms with Gasteiger partial charge in [-0.2, -0.15) is 0 Å². The van der Waals surface area contributed by atoms with Gasteiger partial charge >= 0.3 is 0 Å². The fourth-order valence-corrected chi connectivity index (χ4v) is 3.20. The number of aromatic nitrogens is 2. The number of hydrogen-bond donors (Lipinski definition) is 2. The number of sulfonamides is 1. The van der Waals surface area contributed by atoms with Crippen LogP contribution in [0.1, 0.15) is 18.1 Å². The minimum atomic E-state index is -3.23. The normalized spacial score (nSPS) is 11.3. The van der Waals surface area contributed by atoms with Gasteiger partial charge in [-0.05, 0) is 29.7 Å². The smallest absolute Gasteiger partial charge is 0.209 e. The van der Waals surface area contributed by atoms with Crippen LogP contribution in [0, 0.1) is 0 Å². The summed E-state index contributed by atoms with van der Waals surface area (Å²) < 4.78 is 25.0. The number of nitrogens with zero attached hydrogens (tertiary/aromatic N) is 2. The summed E-state index contributed by atoms with van der Waals surface area (Å²) in [7, 11) is -3.23. The highest BCUT2D eigenvalue weighted by molar-refractivity contribution is 7.88. The predicted molar refractivity (Wildman–Crippen MR) is 108 cm³/mol. The number of aryl methyl sites for hydroxylation is 1. The first-order chi connectivity index (χ1) is 12.9. The molecule has 0 aliphatic rings. The summed E-state index contributed by atoms with van der Waals surface area (Å²) in [5, 5.41) is 3.26. The van der Waals surface area contributed by atoms with Crippen LogP contribution in [-0.2, 0) is 23.0 Å². The Labute approximate surface area is 159 Å². The molecule has 7 heteroatoms. The van der Waals surface area contributed by atoms with Crippen LogP contribution in [0.15, 0.2) is 60.9 Å². The summed E-state index contributed by atoms with van der Waals surface area (Å²) in [5.41, 5.74) is 4.87. The molecule has 6 nitrogen and oxygen atoms in total. The van der Waals surface area contributed by atoms with E-state index in [0.29, 0.717) is 5.82 Å². The van der Waals surface area contributed by atoms with Gasteiger partial charge in [-0.3, -0.25) is 0 Å². The second-order valence-corrected chi connectivity index (χ2v) is 8.05. The molecule has 0 amide bonds. The van der Waals surface area contributed by atoms with Crippen molar-refractivity contribution in [1.29, 1.82) is 0 Å². The lowest BCUT2D eigenvalue weighted by molar-refractivity contribution is 0.587. The average Bonchev–Trinajstić information content (AvgIpc) is 2.66. The molecule has 0 radical (unpaired) electrons. The van der Waals surface area contributed by atoms with E-state index in [4.69, 9.17) is 0 Å². The second kappa shape index (κ2) is 8.28. The lowest BCUT2D eigenvalue weighted by Crippen LogP contribution is -2.21. The summed E-state index contributed by atoms with van der Waals surface area (Å²) in [5.74, 6) is 0.680. The van der Waals surface area contributed by atoms with E-state index >= 15 is 0 Å². The molecule has 2 N–H and O–H groups in total. The standard InChI is InChI=1S/C20H22N4O2S/c1-3-16-8-4-5-10-18(16)19-12-20(22-14-21-19)24-17-9-6-7-15(11-17)13-23-27(2,25)26/h4-12,14,23H,3,13H2,1-2H3,(H,21,22,24). The van der Waals surface area contributed by atoms with Crippen LogP contribution in [0.2, 0.25) is 0 Å². The molecule has 3 rings (SSSR count). The van der Waals surface area contributed by atoms with E-state index in [2.05, 4.69) is 39.1 Å². The van der Waals surface area contributed by atoms with Gasteiger partial charge in [-0.1, -0.05) is 43.3 Å². The SMILES string of the molecule is CCc1ccccc1-c1cc(Nc2cccc(CNS(C)(=O)=O)c2)ncn1. The van der Waals surface area contributed by atoms with Crippen LogP contribution in [0.25, 0.3) is 11.3 Å². The van der Waals surface area contributed by atoms with Gasteiger partial charge in [0.1, 0.15) is 12.1 Å². The first kappa shape index (κ1) is 19.0. The maximum absolute atomic E-state index is 11.3. The van der Waals surface area contributed by atoms with E-state index in [1.54, 1.807) is 6.33 Å². The van der Waals surface area contributed by atoms with Crippen molar-refractivity contribution in [3.63, 3.8) is 0 Å². The highest BCUT2D eigenvalue weighted by atomic mass is 32.2. The Hall–Kier alpha value is -2.77. The maximum Gasteiger partial charge on any atom is 0.209 e. The third-order valence-corrected chi connectivity index (χ3v) is 4.75. The molecule has 0 saturated heterocycles. The molecule has 0 saturated carbocycles. The molecular formula is C20H22N4O2S. The quantitative estimate of drug-likeness (QED) is 0.653. The molecule has 140 valence electrons. The van der Waals surface area contributed by atoms with Gasteiger partial charge < -0.3 is 5.32 Å². The lowest BCUT2D eigenvalue weighted by Gasteiger charge is -2.11. The molecule has 0 fully saturated rings. The largest absolute Gasteiger partial charge is 0.340 e. The number of rotatable bonds is 7.